The van der Waals surface area contributed by atoms with Crippen molar-refractivity contribution in [2.75, 3.05) is 15.5 Å². The molecule has 0 radical (unpaired) electrons. The Bertz CT molecular complexity index is 1110. The van der Waals surface area contributed by atoms with E-state index in [-0.39, 0.29) is 5.91 Å². The van der Waals surface area contributed by atoms with Crippen LogP contribution in [0.25, 0.3) is 0 Å². The number of rotatable bonds is 5. The number of hydrogen-bond donors (Lipinski definition) is 2. The van der Waals surface area contributed by atoms with E-state index in [9.17, 15) is 4.79 Å². The highest BCUT2D eigenvalue weighted by Gasteiger charge is 2.15. The Morgan fingerprint density at radius 3 is 1.55 bits per heavy atom. The van der Waals surface area contributed by atoms with Crippen molar-refractivity contribution in [1.82, 2.24) is 0 Å². The molecular weight excluding hydrogens is 402 g/mol. The molecule has 0 spiro atoms. The van der Waals surface area contributed by atoms with Crippen LogP contribution in [-0.4, -0.2) is 11.0 Å². The lowest BCUT2D eigenvalue weighted by atomic mass is 10.2. The molecular formula is C26H21N3OS. The topological polar surface area (TPSA) is 44.4 Å². The van der Waals surface area contributed by atoms with Gasteiger partial charge in [0.25, 0.3) is 5.91 Å². The van der Waals surface area contributed by atoms with Crippen LogP contribution in [0, 0.1) is 0 Å². The van der Waals surface area contributed by atoms with Gasteiger partial charge in [0.15, 0.2) is 5.11 Å². The zero-order valence-corrected chi connectivity index (χ0v) is 17.5. The molecule has 0 aromatic heterocycles. The average Bonchev–Trinajstić information content (AvgIpc) is 2.82. The number of hydrogen-bond acceptors (Lipinski definition) is 2. The van der Waals surface area contributed by atoms with E-state index in [0.29, 0.717) is 10.7 Å². The van der Waals surface area contributed by atoms with Gasteiger partial charge in [-0.1, -0.05) is 54.6 Å². The van der Waals surface area contributed by atoms with Gasteiger partial charge in [-0.15, -0.1) is 0 Å². The molecule has 4 aromatic carbocycles. The zero-order chi connectivity index (χ0) is 21.5. The van der Waals surface area contributed by atoms with E-state index in [0.717, 1.165) is 22.7 Å². The lowest BCUT2D eigenvalue weighted by molar-refractivity contribution is 0.102. The molecule has 0 atom stereocenters. The van der Waals surface area contributed by atoms with Gasteiger partial charge in [-0.25, -0.2) is 0 Å². The van der Waals surface area contributed by atoms with Gasteiger partial charge in [-0.05, 0) is 72.9 Å². The first-order valence-electron chi connectivity index (χ1n) is 9.88. The summed E-state index contributed by atoms with van der Waals surface area (Å²) in [4.78, 5) is 14.4. The Balaban J connectivity index is 1.50. The van der Waals surface area contributed by atoms with Crippen molar-refractivity contribution < 1.29 is 4.79 Å². The maximum absolute atomic E-state index is 12.5. The third-order valence-corrected chi connectivity index (χ3v) is 4.95. The third kappa shape index (κ3) is 5.15. The Labute approximate surface area is 187 Å². The van der Waals surface area contributed by atoms with Crippen LogP contribution in [0.2, 0.25) is 0 Å². The van der Waals surface area contributed by atoms with Gasteiger partial charge >= 0.3 is 0 Å². The standard InChI is InChI=1S/C26H21N3OS/c30-25(27-21-10-4-1-5-11-21)20-16-18-22(19-17-20)28-26(31)29(23-12-6-2-7-13-23)24-14-8-3-9-15-24/h1-19H,(H,27,30)(H,28,31). The van der Waals surface area contributed by atoms with Crippen LogP contribution in [-0.2, 0) is 0 Å². The molecule has 4 aromatic rings. The van der Waals surface area contributed by atoms with E-state index in [4.69, 9.17) is 12.2 Å². The predicted molar refractivity (Wildman–Crippen MR) is 132 cm³/mol. The summed E-state index contributed by atoms with van der Waals surface area (Å²) in [6, 6.07) is 36.6. The smallest absolute Gasteiger partial charge is 0.255 e. The molecule has 152 valence electrons. The highest BCUT2D eigenvalue weighted by Crippen LogP contribution is 2.26. The Morgan fingerprint density at radius 1 is 0.581 bits per heavy atom. The summed E-state index contributed by atoms with van der Waals surface area (Å²) in [5.41, 5.74) is 4.06. The molecule has 5 heteroatoms. The molecule has 0 aliphatic carbocycles. The molecule has 31 heavy (non-hydrogen) atoms. The number of benzene rings is 4. The van der Waals surface area contributed by atoms with Crippen LogP contribution >= 0.6 is 12.2 Å². The van der Waals surface area contributed by atoms with E-state index in [1.807, 2.05) is 108 Å². The molecule has 1 amide bonds. The van der Waals surface area contributed by atoms with Crippen molar-refractivity contribution in [1.29, 1.82) is 0 Å². The second kappa shape index (κ2) is 9.69. The number of para-hydroxylation sites is 3. The van der Waals surface area contributed by atoms with Gasteiger partial charge in [0.2, 0.25) is 0 Å². The van der Waals surface area contributed by atoms with E-state index in [1.165, 1.54) is 0 Å². The van der Waals surface area contributed by atoms with Crippen molar-refractivity contribution >= 4 is 46.0 Å². The van der Waals surface area contributed by atoms with Gasteiger partial charge in [-0.3, -0.25) is 9.69 Å². The maximum Gasteiger partial charge on any atom is 0.255 e. The molecule has 0 aliphatic heterocycles. The number of carbonyl (C=O) groups is 1. The first-order chi connectivity index (χ1) is 15.2. The molecule has 0 heterocycles. The predicted octanol–water partition coefficient (Wildman–Crippen LogP) is 6.47. The average molecular weight is 424 g/mol. The van der Waals surface area contributed by atoms with Crippen LogP contribution in [0.1, 0.15) is 10.4 Å². The molecule has 2 N–H and O–H groups in total. The minimum Gasteiger partial charge on any atom is -0.332 e. The van der Waals surface area contributed by atoms with E-state index in [1.54, 1.807) is 12.1 Å². The third-order valence-electron chi connectivity index (χ3n) is 4.66. The van der Waals surface area contributed by atoms with Crippen molar-refractivity contribution in [2.45, 2.75) is 0 Å². The summed E-state index contributed by atoms with van der Waals surface area (Å²) in [6.07, 6.45) is 0. The lowest BCUT2D eigenvalue weighted by Gasteiger charge is -2.26. The normalized spacial score (nSPS) is 10.2. The van der Waals surface area contributed by atoms with Gasteiger partial charge < -0.3 is 10.6 Å². The van der Waals surface area contributed by atoms with Gasteiger partial charge in [0, 0.05) is 28.3 Å². The molecule has 4 rings (SSSR count). The summed E-state index contributed by atoms with van der Waals surface area (Å²) >= 11 is 5.73. The SMILES string of the molecule is O=C(Nc1ccccc1)c1ccc(NC(=S)N(c2ccccc2)c2ccccc2)cc1. The minimum atomic E-state index is -0.157. The monoisotopic (exact) mass is 423 g/mol. The van der Waals surface area contributed by atoms with E-state index >= 15 is 0 Å². The van der Waals surface area contributed by atoms with E-state index < -0.39 is 0 Å². The minimum absolute atomic E-state index is 0.157. The number of thiocarbonyl (C=S) groups is 1. The first kappa shape index (κ1) is 20.3. The summed E-state index contributed by atoms with van der Waals surface area (Å²) in [5.74, 6) is -0.157. The molecule has 0 bridgehead atoms. The van der Waals surface area contributed by atoms with Crippen LogP contribution in [0.3, 0.4) is 0 Å². The quantitative estimate of drug-likeness (QED) is 0.361. The van der Waals surface area contributed by atoms with Crippen molar-refractivity contribution in [2.24, 2.45) is 0 Å². The molecule has 0 aliphatic rings. The van der Waals surface area contributed by atoms with E-state index in [2.05, 4.69) is 10.6 Å². The number of carbonyl (C=O) groups excluding carboxylic acids is 1. The summed E-state index contributed by atoms with van der Waals surface area (Å²) < 4.78 is 0. The Hall–Kier alpha value is -3.96. The fourth-order valence-electron chi connectivity index (χ4n) is 3.15. The lowest BCUT2D eigenvalue weighted by Crippen LogP contribution is -2.30. The van der Waals surface area contributed by atoms with Crippen molar-refractivity contribution in [3.05, 3.63) is 121 Å². The number of anilines is 4. The van der Waals surface area contributed by atoms with Gasteiger partial charge in [0.1, 0.15) is 0 Å². The Morgan fingerprint density at radius 2 is 1.03 bits per heavy atom. The summed E-state index contributed by atoms with van der Waals surface area (Å²) in [6.45, 7) is 0. The second-order valence-corrected chi connectivity index (χ2v) is 7.22. The fraction of sp³-hybridized carbons (Fsp3) is 0. The van der Waals surface area contributed by atoms with Gasteiger partial charge in [0.05, 0.1) is 0 Å². The highest BCUT2D eigenvalue weighted by atomic mass is 32.1. The Kier molecular flexibility index (Phi) is 6.35. The number of nitrogens with zero attached hydrogens (tertiary/aromatic N) is 1. The zero-order valence-electron chi connectivity index (χ0n) is 16.7. The summed E-state index contributed by atoms with van der Waals surface area (Å²) in [7, 11) is 0. The molecule has 0 fully saturated rings. The van der Waals surface area contributed by atoms with Gasteiger partial charge in [-0.2, -0.15) is 0 Å². The highest BCUT2D eigenvalue weighted by molar-refractivity contribution is 7.80. The molecule has 0 saturated carbocycles. The molecule has 0 unspecified atom stereocenters. The molecule has 0 saturated heterocycles. The number of nitrogens with one attached hydrogen (secondary N) is 2. The van der Waals surface area contributed by atoms with Crippen LogP contribution in [0.4, 0.5) is 22.7 Å². The summed E-state index contributed by atoms with van der Waals surface area (Å²) in [5, 5.41) is 6.71. The van der Waals surface area contributed by atoms with Crippen LogP contribution < -0.4 is 15.5 Å². The maximum atomic E-state index is 12.5. The van der Waals surface area contributed by atoms with Crippen LogP contribution in [0.5, 0.6) is 0 Å². The van der Waals surface area contributed by atoms with Crippen molar-refractivity contribution in [3.63, 3.8) is 0 Å². The second-order valence-electron chi connectivity index (χ2n) is 6.83. The largest absolute Gasteiger partial charge is 0.332 e. The molecule has 4 nitrogen and oxygen atoms in total. The van der Waals surface area contributed by atoms with Crippen molar-refractivity contribution in [3.8, 4) is 0 Å². The number of amides is 1. The van der Waals surface area contributed by atoms with Crippen LogP contribution in [0.15, 0.2) is 115 Å². The first-order valence-corrected chi connectivity index (χ1v) is 10.3. The fourth-order valence-corrected chi connectivity index (χ4v) is 3.48.